The van der Waals surface area contributed by atoms with Crippen LogP contribution < -0.4 is 5.32 Å². The van der Waals surface area contributed by atoms with Crippen molar-refractivity contribution in [1.29, 1.82) is 0 Å². The second-order valence-electron chi connectivity index (χ2n) is 4.77. The number of rotatable bonds is 8. The van der Waals surface area contributed by atoms with Crippen LogP contribution in [0, 0.1) is 0 Å². The van der Waals surface area contributed by atoms with Gasteiger partial charge in [-0.25, -0.2) is 0 Å². The summed E-state index contributed by atoms with van der Waals surface area (Å²) >= 11 is 11.9. The second-order valence-corrected chi connectivity index (χ2v) is 7.26. The van der Waals surface area contributed by atoms with Gasteiger partial charge in [0.1, 0.15) is 0 Å². The van der Waals surface area contributed by atoms with Crippen LogP contribution in [0.1, 0.15) is 40.0 Å². The first kappa shape index (κ1) is 18.0. The van der Waals surface area contributed by atoms with Gasteiger partial charge in [-0.1, -0.05) is 50.4 Å². The fourth-order valence-corrected chi connectivity index (χ4v) is 4.34. The van der Waals surface area contributed by atoms with Gasteiger partial charge >= 0.3 is 0 Å². The van der Waals surface area contributed by atoms with Gasteiger partial charge in [-0.3, -0.25) is 4.21 Å². The summed E-state index contributed by atoms with van der Waals surface area (Å²) in [4.78, 5) is 0.755. The van der Waals surface area contributed by atoms with E-state index in [4.69, 9.17) is 23.2 Å². The summed E-state index contributed by atoms with van der Waals surface area (Å²) in [7, 11) is -1.08. The minimum Gasteiger partial charge on any atom is -0.313 e. The van der Waals surface area contributed by atoms with E-state index in [0.29, 0.717) is 10.0 Å². The Bertz CT molecular complexity index is 447. The standard InChI is InChI=1S/C15H23Cl2NOS/c1-4-7-14(18-6-3)15(5-2)20(19)11-8-9-12(16)13(17)10-11/h8-10,14-15,18H,4-7H2,1-3H3. The van der Waals surface area contributed by atoms with Crippen molar-refractivity contribution in [3.8, 4) is 0 Å². The summed E-state index contributed by atoms with van der Waals surface area (Å²) in [6.45, 7) is 7.20. The topological polar surface area (TPSA) is 29.1 Å². The summed E-state index contributed by atoms with van der Waals surface area (Å²) in [6, 6.07) is 5.51. The minimum atomic E-state index is -1.08. The van der Waals surface area contributed by atoms with Crippen molar-refractivity contribution in [2.45, 2.75) is 56.2 Å². The smallest absolute Gasteiger partial charge is 0.0604 e. The molecule has 0 aliphatic heterocycles. The van der Waals surface area contributed by atoms with Gasteiger partial charge in [0.25, 0.3) is 0 Å². The molecule has 0 radical (unpaired) electrons. The van der Waals surface area contributed by atoms with Crippen molar-refractivity contribution in [1.82, 2.24) is 5.32 Å². The zero-order valence-electron chi connectivity index (χ0n) is 12.3. The molecule has 1 aromatic rings. The summed E-state index contributed by atoms with van der Waals surface area (Å²) in [5, 5.41) is 4.51. The third-order valence-electron chi connectivity index (χ3n) is 3.32. The van der Waals surface area contributed by atoms with Gasteiger partial charge in [0, 0.05) is 10.9 Å². The van der Waals surface area contributed by atoms with Gasteiger partial charge in [-0.05, 0) is 37.6 Å². The molecule has 2 nitrogen and oxygen atoms in total. The Hall–Kier alpha value is -0.0900. The average Bonchev–Trinajstić information content (AvgIpc) is 2.43. The SMILES string of the molecule is CCCC(NCC)C(CC)S(=O)c1ccc(Cl)c(Cl)c1. The Balaban J connectivity index is 2.96. The van der Waals surface area contributed by atoms with Crippen LogP contribution in [0.15, 0.2) is 23.1 Å². The lowest BCUT2D eigenvalue weighted by atomic mass is 10.1. The van der Waals surface area contributed by atoms with Gasteiger partial charge in [-0.15, -0.1) is 0 Å². The van der Waals surface area contributed by atoms with E-state index in [9.17, 15) is 4.21 Å². The molecule has 1 N–H and O–H groups in total. The molecule has 0 spiro atoms. The maximum Gasteiger partial charge on any atom is 0.0604 e. The highest BCUT2D eigenvalue weighted by Gasteiger charge is 2.25. The van der Waals surface area contributed by atoms with Crippen molar-refractivity contribution in [3.05, 3.63) is 28.2 Å². The highest BCUT2D eigenvalue weighted by Crippen LogP contribution is 2.27. The van der Waals surface area contributed by atoms with E-state index in [-0.39, 0.29) is 11.3 Å². The largest absolute Gasteiger partial charge is 0.313 e. The van der Waals surface area contributed by atoms with Crippen LogP contribution >= 0.6 is 23.2 Å². The van der Waals surface area contributed by atoms with E-state index in [0.717, 1.165) is 30.7 Å². The molecule has 3 unspecified atom stereocenters. The molecule has 0 heterocycles. The number of benzene rings is 1. The molecule has 0 saturated heterocycles. The molecule has 3 atom stereocenters. The molecule has 0 aliphatic rings. The van der Waals surface area contributed by atoms with Crippen molar-refractivity contribution < 1.29 is 4.21 Å². The molecule has 0 saturated carbocycles. The number of hydrogen-bond donors (Lipinski definition) is 1. The second kappa shape index (κ2) is 9.04. The van der Waals surface area contributed by atoms with E-state index >= 15 is 0 Å². The number of halogens is 2. The molecule has 114 valence electrons. The summed E-state index contributed by atoms with van der Waals surface area (Å²) in [5.74, 6) is 0. The quantitative estimate of drug-likeness (QED) is 0.748. The third kappa shape index (κ3) is 4.73. The molecule has 5 heteroatoms. The van der Waals surface area contributed by atoms with Crippen LogP contribution in [-0.2, 0) is 10.8 Å². The van der Waals surface area contributed by atoms with Crippen LogP contribution in [0.25, 0.3) is 0 Å². The van der Waals surface area contributed by atoms with Crippen LogP contribution in [-0.4, -0.2) is 22.0 Å². The first-order valence-electron chi connectivity index (χ1n) is 7.14. The van der Waals surface area contributed by atoms with Gasteiger partial charge < -0.3 is 5.32 Å². The Morgan fingerprint density at radius 1 is 1.20 bits per heavy atom. The van der Waals surface area contributed by atoms with Crippen LogP contribution in [0.2, 0.25) is 10.0 Å². The van der Waals surface area contributed by atoms with Crippen LogP contribution in [0.4, 0.5) is 0 Å². The highest BCUT2D eigenvalue weighted by molar-refractivity contribution is 7.85. The zero-order chi connectivity index (χ0) is 15.1. The first-order chi connectivity index (χ1) is 9.54. The molecule has 0 aromatic heterocycles. The molecule has 0 bridgehead atoms. The van der Waals surface area contributed by atoms with Gasteiger partial charge in [0.05, 0.1) is 26.1 Å². The maximum atomic E-state index is 12.8. The summed E-state index contributed by atoms with van der Waals surface area (Å²) < 4.78 is 12.8. The first-order valence-corrected chi connectivity index (χ1v) is 9.10. The minimum absolute atomic E-state index is 0.0899. The van der Waals surface area contributed by atoms with E-state index in [1.165, 1.54) is 0 Å². The van der Waals surface area contributed by atoms with Crippen LogP contribution in [0.3, 0.4) is 0 Å². The highest BCUT2D eigenvalue weighted by atomic mass is 35.5. The molecule has 20 heavy (non-hydrogen) atoms. The Labute approximate surface area is 134 Å². The monoisotopic (exact) mass is 335 g/mol. The molecule has 1 aromatic carbocycles. The molecule has 0 amide bonds. The van der Waals surface area contributed by atoms with E-state index in [1.54, 1.807) is 12.1 Å². The van der Waals surface area contributed by atoms with E-state index < -0.39 is 10.8 Å². The van der Waals surface area contributed by atoms with Crippen molar-refractivity contribution in [3.63, 3.8) is 0 Å². The Morgan fingerprint density at radius 2 is 1.90 bits per heavy atom. The normalized spacial score (nSPS) is 15.8. The van der Waals surface area contributed by atoms with Gasteiger partial charge in [0.2, 0.25) is 0 Å². The lowest BCUT2D eigenvalue weighted by Crippen LogP contribution is -2.41. The fraction of sp³-hybridized carbons (Fsp3) is 0.600. The summed E-state index contributed by atoms with van der Waals surface area (Å²) in [6.07, 6.45) is 2.97. The number of nitrogens with one attached hydrogen (secondary N) is 1. The fourth-order valence-electron chi connectivity index (χ4n) is 2.35. The molecule has 0 fully saturated rings. The van der Waals surface area contributed by atoms with E-state index in [2.05, 4.69) is 26.1 Å². The third-order valence-corrected chi connectivity index (χ3v) is 5.98. The van der Waals surface area contributed by atoms with Gasteiger partial charge in [-0.2, -0.15) is 0 Å². The zero-order valence-corrected chi connectivity index (χ0v) is 14.6. The maximum absolute atomic E-state index is 12.8. The van der Waals surface area contributed by atoms with Crippen molar-refractivity contribution >= 4 is 34.0 Å². The van der Waals surface area contributed by atoms with Crippen molar-refractivity contribution in [2.75, 3.05) is 6.54 Å². The predicted octanol–water partition coefficient (Wildman–Crippen LogP) is 4.66. The van der Waals surface area contributed by atoms with Gasteiger partial charge in [0.15, 0.2) is 0 Å². The number of hydrogen-bond acceptors (Lipinski definition) is 2. The van der Waals surface area contributed by atoms with E-state index in [1.807, 2.05) is 6.07 Å². The molecule has 0 aliphatic carbocycles. The van der Waals surface area contributed by atoms with Crippen LogP contribution in [0.5, 0.6) is 0 Å². The Kier molecular flexibility index (Phi) is 8.11. The predicted molar refractivity (Wildman–Crippen MR) is 89.3 cm³/mol. The molecule has 1 rings (SSSR count). The lowest BCUT2D eigenvalue weighted by Gasteiger charge is -2.26. The summed E-state index contributed by atoms with van der Waals surface area (Å²) in [5.41, 5.74) is 0. The Morgan fingerprint density at radius 3 is 2.40 bits per heavy atom. The lowest BCUT2D eigenvalue weighted by molar-refractivity contribution is 0.458. The molecular weight excluding hydrogens is 313 g/mol. The van der Waals surface area contributed by atoms with Crippen molar-refractivity contribution in [2.24, 2.45) is 0 Å². The average molecular weight is 336 g/mol. The molecular formula is C15H23Cl2NOS.